The van der Waals surface area contributed by atoms with Gasteiger partial charge in [-0.05, 0) is 43.2 Å². The van der Waals surface area contributed by atoms with Crippen molar-refractivity contribution in [3.63, 3.8) is 0 Å². The van der Waals surface area contributed by atoms with Crippen molar-refractivity contribution in [2.45, 2.75) is 39.2 Å². The van der Waals surface area contributed by atoms with Crippen molar-refractivity contribution in [1.29, 1.82) is 0 Å². The number of benzene rings is 2. The second-order valence-electron chi connectivity index (χ2n) is 7.43. The summed E-state index contributed by atoms with van der Waals surface area (Å²) in [5, 5.41) is 3.39. The van der Waals surface area contributed by atoms with Crippen LogP contribution in [-0.4, -0.2) is 30.4 Å². The van der Waals surface area contributed by atoms with Crippen LogP contribution in [0.3, 0.4) is 0 Å². The Morgan fingerprint density at radius 3 is 2.38 bits per heavy atom. The standard InChI is InChI=1S/C23H30N2O/c1-19-7-9-22(10-8-19)18-24-14-11-23(26)25-15-12-21(13-16-25)17-20-5-3-2-4-6-20/h2-10,21,24H,11-18H2,1H3. The SMILES string of the molecule is Cc1ccc(CNCCC(=O)N2CCC(Cc3ccccc3)CC2)cc1. The highest BCUT2D eigenvalue weighted by molar-refractivity contribution is 5.76. The molecule has 0 aromatic heterocycles. The molecule has 1 heterocycles. The number of likely N-dealkylation sites (tertiary alicyclic amines) is 1. The molecule has 1 aliphatic heterocycles. The summed E-state index contributed by atoms with van der Waals surface area (Å²) in [6.07, 6.45) is 3.98. The van der Waals surface area contributed by atoms with Crippen molar-refractivity contribution >= 4 is 5.91 Å². The highest BCUT2D eigenvalue weighted by Crippen LogP contribution is 2.22. The van der Waals surface area contributed by atoms with Crippen molar-refractivity contribution in [2.24, 2.45) is 5.92 Å². The van der Waals surface area contributed by atoms with Gasteiger partial charge in [0.15, 0.2) is 0 Å². The molecule has 0 atom stereocenters. The second-order valence-corrected chi connectivity index (χ2v) is 7.43. The number of hydrogen-bond acceptors (Lipinski definition) is 2. The Labute approximate surface area is 157 Å². The van der Waals surface area contributed by atoms with E-state index in [1.165, 1.54) is 16.7 Å². The van der Waals surface area contributed by atoms with Gasteiger partial charge >= 0.3 is 0 Å². The number of amides is 1. The van der Waals surface area contributed by atoms with Gasteiger partial charge < -0.3 is 10.2 Å². The summed E-state index contributed by atoms with van der Waals surface area (Å²) in [7, 11) is 0. The van der Waals surface area contributed by atoms with Crippen LogP contribution in [0.25, 0.3) is 0 Å². The van der Waals surface area contributed by atoms with Crippen molar-refractivity contribution in [2.75, 3.05) is 19.6 Å². The molecule has 1 N–H and O–H groups in total. The highest BCUT2D eigenvalue weighted by Gasteiger charge is 2.22. The summed E-state index contributed by atoms with van der Waals surface area (Å²) >= 11 is 0. The summed E-state index contributed by atoms with van der Waals surface area (Å²) in [5.74, 6) is 1.00. The predicted octanol–water partition coefficient (Wildman–Crippen LogP) is 3.96. The van der Waals surface area contributed by atoms with Crippen LogP contribution in [0.2, 0.25) is 0 Å². The molecule has 3 heteroatoms. The summed E-state index contributed by atoms with van der Waals surface area (Å²) in [6.45, 7) is 5.49. The lowest BCUT2D eigenvalue weighted by molar-refractivity contribution is -0.132. The Kier molecular flexibility index (Phi) is 6.84. The Bertz CT molecular complexity index is 673. The van der Waals surface area contributed by atoms with Crippen LogP contribution in [0, 0.1) is 12.8 Å². The topological polar surface area (TPSA) is 32.3 Å². The van der Waals surface area contributed by atoms with Gasteiger partial charge in [0.05, 0.1) is 0 Å². The zero-order chi connectivity index (χ0) is 18.2. The molecule has 1 amide bonds. The Morgan fingerprint density at radius 1 is 1.00 bits per heavy atom. The van der Waals surface area contributed by atoms with Crippen LogP contribution in [-0.2, 0) is 17.8 Å². The number of rotatable bonds is 7. The van der Waals surface area contributed by atoms with Crippen LogP contribution in [0.4, 0.5) is 0 Å². The lowest BCUT2D eigenvalue weighted by Gasteiger charge is -2.32. The van der Waals surface area contributed by atoms with Gasteiger partial charge in [0.2, 0.25) is 5.91 Å². The van der Waals surface area contributed by atoms with Crippen molar-refractivity contribution in [3.05, 3.63) is 71.3 Å². The number of nitrogens with zero attached hydrogens (tertiary/aromatic N) is 1. The third-order valence-electron chi connectivity index (χ3n) is 5.30. The maximum Gasteiger partial charge on any atom is 0.223 e. The summed E-state index contributed by atoms with van der Waals surface area (Å²) in [4.78, 5) is 14.5. The van der Waals surface area contributed by atoms with E-state index < -0.39 is 0 Å². The normalized spacial score (nSPS) is 15.2. The maximum atomic E-state index is 12.4. The zero-order valence-electron chi connectivity index (χ0n) is 15.8. The number of carbonyl (C=O) groups is 1. The molecule has 26 heavy (non-hydrogen) atoms. The van der Waals surface area contributed by atoms with Gasteiger partial charge in [0, 0.05) is 32.6 Å². The third-order valence-corrected chi connectivity index (χ3v) is 5.30. The molecule has 2 aromatic rings. The molecule has 0 aliphatic carbocycles. The minimum atomic E-state index is 0.291. The molecule has 138 valence electrons. The molecule has 3 nitrogen and oxygen atoms in total. The summed E-state index contributed by atoms with van der Waals surface area (Å²) in [6, 6.07) is 19.2. The number of piperidine rings is 1. The fourth-order valence-electron chi connectivity index (χ4n) is 3.63. The van der Waals surface area contributed by atoms with Crippen LogP contribution >= 0.6 is 0 Å². The summed E-state index contributed by atoms with van der Waals surface area (Å²) < 4.78 is 0. The van der Waals surface area contributed by atoms with Gasteiger partial charge in [0.1, 0.15) is 0 Å². The lowest BCUT2D eigenvalue weighted by atomic mass is 9.90. The summed E-state index contributed by atoms with van der Waals surface area (Å²) in [5.41, 5.74) is 3.96. The minimum absolute atomic E-state index is 0.291. The van der Waals surface area contributed by atoms with Crippen molar-refractivity contribution in [1.82, 2.24) is 10.2 Å². The van der Waals surface area contributed by atoms with E-state index in [-0.39, 0.29) is 0 Å². The first kappa shape index (κ1) is 18.7. The predicted molar refractivity (Wildman–Crippen MR) is 107 cm³/mol. The van der Waals surface area contributed by atoms with Gasteiger partial charge in [-0.25, -0.2) is 0 Å². The first-order valence-corrected chi connectivity index (χ1v) is 9.78. The minimum Gasteiger partial charge on any atom is -0.343 e. The average molecular weight is 351 g/mol. The highest BCUT2D eigenvalue weighted by atomic mass is 16.2. The van der Waals surface area contributed by atoms with Crippen LogP contribution in [0.15, 0.2) is 54.6 Å². The fourth-order valence-corrected chi connectivity index (χ4v) is 3.63. The van der Waals surface area contributed by atoms with Crippen molar-refractivity contribution < 1.29 is 4.79 Å². The molecular weight excluding hydrogens is 320 g/mol. The quantitative estimate of drug-likeness (QED) is 0.767. The van der Waals surface area contributed by atoms with E-state index in [0.717, 1.165) is 45.4 Å². The second kappa shape index (κ2) is 9.54. The van der Waals surface area contributed by atoms with Crippen LogP contribution in [0.5, 0.6) is 0 Å². The number of hydrogen-bond donors (Lipinski definition) is 1. The first-order valence-electron chi connectivity index (χ1n) is 9.78. The molecule has 0 unspecified atom stereocenters. The van der Waals surface area contributed by atoms with E-state index in [9.17, 15) is 4.79 Å². The first-order chi connectivity index (χ1) is 12.7. The number of nitrogens with one attached hydrogen (secondary N) is 1. The maximum absolute atomic E-state index is 12.4. The molecular formula is C23H30N2O. The molecule has 0 spiro atoms. The fraction of sp³-hybridized carbons (Fsp3) is 0.435. The Balaban J connectivity index is 1.32. The smallest absolute Gasteiger partial charge is 0.223 e. The number of aryl methyl sites for hydroxylation is 1. The van der Waals surface area contributed by atoms with Crippen LogP contribution in [0.1, 0.15) is 36.0 Å². The van der Waals surface area contributed by atoms with Gasteiger partial charge in [-0.15, -0.1) is 0 Å². The zero-order valence-corrected chi connectivity index (χ0v) is 15.8. The van der Waals surface area contributed by atoms with Gasteiger partial charge in [-0.2, -0.15) is 0 Å². The lowest BCUT2D eigenvalue weighted by Crippen LogP contribution is -2.39. The van der Waals surface area contributed by atoms with E-state index >= 15 is 0 Å². The van der Waals surface area contributed by atoms with E-state index in [2.05, 4.69) is 71.7 Å². The number of carbonyl (C=O) groups excluding carboxylic acids is 1. The molecule has 1 fully saturated rings. The van der Waals surface area contributed by atoms with Gasteiger partial charge in [0.25, 0.3) is 0 Å². The van der Waals surface area contributed by atoms with Gasteiger partial charge in [-0.3, -0.25) is 4.79 Å². The third kappa shape index (κ3) is 5.70. The van der Waals surface area contributed by atoms with E-state index in [4.69, 9.17) is 0 Å². The van der Waals surface area contributed by atoms with Crippen LogP contribution < -0.4 is 5.32 Å². The van der Waals surface area contributed by atoms with E-state index in [1.54, 1.807) is 0 Å². The molecule has 0 saturated carbocycles. The van der Waals surface area contributed by atoms with Crippen molar-refractivity contribution in [3.8, 4) is 0 Å². The Morgan fingerprint density at radius 2 is 1.69 bits per heavy atom. The molecule has 0 bridgehead atoms. The van der Waals surface area contributed by atoms with E-state index in [0.29, 0.717) is 18.2 Å². The van der Waals surface area contributed by atoms with Gasteiger partial charge in [-0.1, -0.05) is 60.2 Å². The molecule has 3 rings (SSSR count). The monoisotopic (exact) mass is 350 g/mol. The molecule has 1 saturated heterocycles. The molecule has 2 aromatic carbocycles. The Hall–Kier alpha value is -2.13. The molecule has 0 radical (unpaired) electrons. The van der Waals surface area contributed by atoms with E-state index in [1.807, 2.05) is 0 Å². The average Bonchev–Trinajstić information content (AvgIpc) is 2.68. The largest absolute Gasteiger partial charge is 0.343 e. The molecule has 1 aliphatic rings.